The number of aliphatic imine (C=N–C) groups is 1. The van der Waals surface area contributed by atoms with Gasteiger partial charge in [0.1, 0.15) is 0 Å². The van der Waals surface area contributed by atoms with E-state index >= 15 is 0 Å². The summed E-state index contributed by atoms with van der Waals surface area (Å²) in [6.45, 7) is 8.84. The molecular formula is C19H33IN4O. The Morgan fingerprint density at radius 3 is 2.28 bits per heavy atom. The van der Waals surface area contributed by atoms with E-state index in [-0.39, 0.29) is 36.4 Å². The van der Waals surface area contributed by atoms with Gasteiger partial charge >= 0.3 is 0 Å². The molecular weight excluding hydrogens is 427 g/mol. The van der Waals surface area contributed by atoms with Gasteiger partial charge in [0.15, 0.2) is 5.96 Å². The van der Waals surface area contributed by atoms with Crippen molar-refractivity contribution >= 4 is 35.8 Å². The molecule has 0 radical (unpaired) electrons. The zero-order valence-corrected chi connectivity index (χ0v) is 18.2. The summed E-state index contributed by atoms with van der Waals surface area (Å²) in [5, 5.41) is 6.42. The summed E-state index contributed by atoms with van der Waals surface area (Å²) < 4.78 is 0. The molecule has 0 aliphatic heterocycles. The van der Waals surface area contributed by atoms with Gasteiger partial charge in [-0.15, -0.1) is 24.0 Å². The average molecular weight is 460 g/mol. The van der Waals surface area contributed by atoms with Crippen LogP contribution in [0.3, 0.4) is 0 Å². The van der Waals surface area contributed by atoms with Crippen LogP contribution in [0.15, 0.2) is 35.3 Å². The summed E-state index contributed by atoms with van der Waals surface area (Å²) in [6.07, 6.45) is 2.28. The quantitative estimate of drug-likeness (QED) is 0.338. The summed E-state index contributed by atoms with van der Waals surface area (Å²) >= 11 is 0. The van der Waals surface area contributed by atoms with E-state index < -0.39 is 0 Å². The first-order valence-corrected chi connectivity index (χ1v) is 8.90. The predicted octanol–water partition coefficient (Wildman–Crippen LogP) is 3.25. The number of carbonyl (C=O) groups is 1. The SMILES string of the molecule is CCC(CC)CNC(=NC)NCC(=O)N(CC)Cc1ccccc1.I. The van der Waals surface area contributed by atoms with Gasteiger partial charge in [0.05, 0.1) is 6.54 Å². The van der Waals surface area contributed by atoms with Crippen molar-refractivity contribution in [1.29, 1.82) is 0 Å². The van der Waals surface area contributed by atoms with Gasteiger partial charge in [-0.1, -0.05) is 57.0 Å². The maximum absolute atomic E-state index is 12.4. The van der Waals surface area contributed by atoms with Crippen LogP contribution in [0.1, 0.15) is 39.2 Å². The Morgan fingerprint density at radius 2 is 1.76 bits per heavy atom. The number of halogens is 1. The minimum Gasteiger partial charge on any atom is -0.356 e. The molecule has 6 heteroatoms. The monoisotopic (exact) mass is 460 g/mol. The highest BCUT2D eigenvalue weighted by atomic mass is 127. The van der Waals surface area contributed by atoms with Crippen LogP contribution in [-0.2, 0) is 11.3 Å². The fourth-order valence-corrected chi connectivity index (χ4v) is 2.49. The first-order chi connectivity index (χ1) is 11.6. The molecule has 25 heavy (non-hydrogen) atoms. The van der Waals surface area contributed by atoms with E-state index in [0.717, 1.165) is 24.9 Å². The van der Waals surface area contributed by atoms with Crippen molar-refractivity contribution in [2.45, 2.75) is 40.2 Å². The van der Waals surface area contributed by atoms with Crippen LogP contribution in [0, 0.1) is 5.92 Å². The van der Waals surface area contributed by atoms with E-state index in [1.807, 2.05) is 42.2 Å². The number of nitrogens with one attached hydrogen (secondary N) is 2. The number of amides is 1. The van der Waals surface area contributed by atoms with Gasteiger partial charge in [-0.3, -0.25) is 9.79 Å². The number of hydrogen-bond donors (Lipinski definition) is 2. The van der Waals surface area contributed by atoms with E-state index in [1.54, 1.807) is 7.05 Å². The third kappa shape index (κ3) is 9.09. The lowest BCUT2D eigenvalue weighted by Gasteiger charge is -2.22. The van der Waals surface area contributed by atoms with Crippen molar-refractivity contribution in [2.75, 3.05) is 26.7 Å². The van der Waals surface area contributed by atoms with Crippen molar-refractivity contribution in [3.05, 3.63) is 35.9 Å². The molecule has 1 rings (SSSR count). The number of nitrogens with zero attached hydrogens (tertiary/aromatic N) is 2. The second kappa shape index (κ2) is 13.9. The predicted molar refractivity (Wildman–Crippen MR) is 116 cm³/mol. The van der Waals surface area contributed by atoms with Crippen molar-refractivity contribution in [2.24, 2.45) is 10.9 Å². The summed E-state index contributed by atoms with van der Waals surface area (Å²) in [5.41, 5.74) is 1.14. The lowest BCUT2D eigenvalue weighted by molar-refractivity contribution is -0.130. The Morgan fingerprint density at radius 1 is 1.12 bits per heavy atom. The first kappa shape index (κ1) is 23.7. The summed E-state index contributed by atoms with van der Waals surface area (Å²) in [6, 6.07) is 10.1. The number of rotatable bonds is 9. The van der Waals surface area contributed by atoms with Crippen LogP contribution in [0.25, 0.3) is 0 Å². The third-order valence-corrected chi connectivity index (χ3v) is 4.29. The lowest BCUT2D eigenvalue weighted by Crippen LogP contribution is -2.45. The molecule has 0 fully saturated rings. The molecule has 142 valence electrons. The first-order valence-electron chi connectivity index (χ1n) is 8.90. The van der Waals surface area contributed by atoms with Crippen LogP contribution in [0.2, 0.25) is 0 Å². The highest BCUT2D eigenvalue weighted by molar-refractivity contribution is 14.0. The maximum atomic E-state index is 12.4. The topological polar surface area (TPSA) is 56.7 Å². The van der Waals surface area contributed by atoms with E-state index in [0.29, 0.717) is 25.0 Å². The second-order valence-corrected chi connectivity index (χ2v) is 5.88. The standard InChI is InChI=1S/C19H32N4O.HI/c1-5-16(6-2)13-21-19(20-4)22-14-18(24)23(7-3)15-17-11-9-8-10-12-17;/h8-12,16H,5-7,13-15H2,1-4H3,(H2,20,21,22);1H. The number of benzene rings is 1. The molecule has 0 heterocycles. The van der Waals surface area contributed by atoms with Gasteiger partial charge in [-0.05, 0) is 18.4 Å². The van der Waals surface area contributed by atoms with Gasteiger partial charge in [0, 0.05) is 26.7 Å². The van der Waals surface area contributed by atoms with Crippen molar-refractivity contribution in [3.8, 4) is 0 Å². The Bertz CT molecular complexity index is 503. The van der Waals surface area contributed by atoms with Crippen LogP contribution in [0.5, 0.6) is 0 Å². The Kier molecular flexibility index (Phi) is 13.2. The van der Waals surface area contributed by atoms with Crippen molar-refractivity contribution < 1.29 is 4.79 Å². The van der Waals surface area contributed by atoms with Gasteiger partial charge < -0.3 is 15.5 Å². The van der Waals surface area contributed by atoms with E-state index in [1.165, 1.54) is 0 Å². The Labute approximate surface area is 169 Å². The maximum Gasteiger partial charge on any atom is 0.242 e. The molecule has 5 nitrogen and oxygen atoms in total. The molecule has 0 unspecified atom stereocenters. The molecule has 0 aromatic heterocycles. The highest BCUT2D eigenvalue weighted by Gasteiger charge is 2.13. The molecule has 1 aromatic carbocycles. The minimum absolute atomic E-state index is 0. The number of likely N-dealkylation sites (N-methyl/N-ethyl adjacent to an activating group) is 1. The smallest absolute Gasteiger partial charge is 0.242 e. The van der Waals surface area contributed by atoms with E-state index in [4.69, 9.17) is 0 Å². The van der Waals surface area contributed by atoms with E-state index in [2.05, 4.69) is 29.5 Å². The molecule has 0 aliphatic carbocycles. The number of carbonyl (C=O) groups excluding carboxylic acids is 1. The molecule has 1 amide bonds. The van der Waals surface area contributed by atoms with Gasteiger partial charge in [-0.25, -0.2) is 0 Å². The minimum atomic E-state index is 0. The zero-order chi connectivity index (χ0) is 17.8. The Balaban J connectivity index is 0.00000576. The molecule has 2 N–H and O–H groups in total. The zero-order valence-electron chi connectivity index (χ0n) is 15.9. The highest BCUT2D eigenvalue weighted by Crippen LogP contribution is 2.05. The summed E-state index contributed by atoms with van der Waals surface area (Å²) in [4.78, 5) is 18.5. The molecule has 0 aliphatic rings. The molecule has 1 aromatic rings. The van der Waals surface area contributed by atoms with Crippen LogP contribution in [0.4, 0.5) is 0 Å². The molecule has 0 atom stereocenters. The summed E-state index contributed by atoms with van der Waals surface area (Å²) in [5.74, 6) is 1.39. The van der Waals surface area contributed by atoms with Gasteiger partial charge in [-0.2, -0.15) is 0 Å². The van der Waals surface area contributed by atoms with E-state index in [9.17, 15) is 4.79 Å². The van der Waals surface area contributed by atoms with Gasteiger partial charge in [0.25, 0.3) is 0 Å². The van der Waals surface area contributed by atoms with Crippen molar-refractivity contribution in [1.82, 2.24) is 15.5 Å². The molecule has 0 saturated heterocycles. The van der Waals surface area contributed by atoms with Crippen LogP contribution in [-0.4, -0.2) is 43.4 Å². The Hall–Kier alpha value is -1.31. The molecule has 0 bridgehead atoms. The fourth-order valence-electron chi connectivity index (χ4n) is 2.49. The number of guanidine groups is 1. The lowest BCUT2D eigenvalue weighted by atomic mass is 10.0. The number of hydrogen-bond acceptors (Lipinski definition) is 2. The fraction of sp³-hybridized carbons (Fsp3) is 0.579. The normalized spacial score (nSPS) is 11.0. The van der Waals surface area contributed by atoms with Crippen LogP contribution >= 0.6 is 24.0 Å². The largest absolute Gasteiger partial charge is 0.356 e. The van der Waals surface area contributed by atoms with Gasteiger partial charge in [0.2, 0.25) is 5.91 Å². The summed E-state index contributed by atoms with van der Waals surface area (Å²) in [7, 11) is 1.73. The van der Waals surface area contributed by atoms with Crippen LogP contribution < -0.4 is 10.6 Å². The van der Waals surface area contributed by atoms with Crippen molar-refractivity contribution in [3.63, 3.8) is 0 Å². The second-order valence-electron chi connectivity index (χ2n) is 5.88. The molecule has 0 spiro atoms. The average Bonchev–Trinajstić information content (AvgIpc) is 2.63. The molecule has 0 saturated carbocycles. The third-order valence-electron chi connectivity index (χ3n) is 4.29.